The first kappa shape index (κ1) is 17.3. The normalized spacial score (nSPS) is 10.6. The average Bonchev–Trinajstić information content (AvgIpc) is 2.99. The highest BCUT2D eigenvalue weighted by Gasteiger charge is 2.12. The summed E-state index contributed by atoms with van der Waals surface area (Å²) in [6, 6.07) is 12.1. The highest BCUT2D eigenvalue weighted by molar-refractivity contribution is 6.35. The van der Waals surface area contributed by atoms with Gasteiger partial charge in [-0.1, -0.05) is 35.3 Å². The number of nitrogens with zero attached hydrogens (tertiary/aromatic N) is 2. The van der Waals surface area contributed by atoms with Crippen molar-refractivity contribution >= 4 is 51.8 Å². The van der Waals surface area contributed by atoms with E-state index in [9.17, 15) is 9.59 Å². The number of esters is 1. The zero-order valence-electron chi connectivity index (χ0n) is 12.9. The third kappa shape index (κ3) is 4.29. The molecule has 1 amide bonds. The maximum Gasteiger partial charge on any atom is 0.326 e. The van der Waals surface area contributed by atoms with Gasteiger partial charge in [0.25, 0.3) is 5.91 Å². The predicted octanol–water partition coefficient (Wildman–Crippen LogP) is 3.53. The van der Waals surface area contributed by atoms with E-state index in [0.29, 0.717) is 15.7 Å². The molecule has 3 rings (SSSR count). The van der Waals surface area contributed by atoms with Crippen molar-refractivity contribution in [1.82, 2.24) is 9.55 Å². The summed E-state index contributed by atoms with van der Waals surface area (Å²) in [4.78, 5) is 28.0. The number of nitrogens with one attached hydrogen (secondary N) is 1. The number of hydrogen-bond donors (Lipinski definition) is 1. The average molecular weight is 378 g/mol. The standard InChI is InChI=1S/C17H13Cl2N3O3/c18-11-5-6-12(19)14(7-11)21-16(23)9-25-17(24)8-22-10-20-13-3-1-2-4-15(13)22/h1-7,10H,8-9H2,(H,21,23). The first-order chi connectivity index (χ1) is 12.0. The Kier molecular flexibility index (Phi) is 5.21. The minimum absolute atomic E-state index is 0.0360. The van der Waals surface area contributed by atoms with Crippen LogP contribution in [0.4, 0.5) is 5.69 Å². The summed E-state index contributed by atoms with van der Waals surface area (Å²) in [6.07, 6.45) is 1.55. The molecule has 25 heavy (non-hydrogen) atoms. The monoisotopic (exact) mass is 377 g/mol. The van der Waals surface area contributed by atoms with Crippen molar-refractivity contribution in [3.8, 4) is 0 Å². The summed E-state index contributed by atoms with van der Waals surface area (Å²) >= 11 is 11.8. The zero-order valence-corrected chi connectivity index (χ0v) is 14.4. The number of para-hydroxylation sites is 2. The molecule has 3 aromatic rings. The number of ether oxygens (including phenoxy) is 1. The number of rotatable bonds is 5. The van der Waals surface area contributed by atoms with E-state index in [0.717, 1.165) is 11.0 Å². The van der Waals surface area contributed by atoms with Gasteiger partial charge in [-0.2, -0.15) is 0 Å². The minimum Gasteiger partial charge on any atom is -0.454 e. The van der Waals surface area contributed by atoms with Crippen LogP contribution in [0, 0.1) is 0 Å². The summed E-state index contributed by atoms with van der Waals surface area (Å²) in [5, 5.41) is 3.32. The Morgan fingerprint density at radius 2 is 1.96 bits per heavy atom. The van der Waals surface area contributed by atoms with Crippen LogP contribution < -0.4 is 5.32 Å². The number of halogens is 2. The number of benzene rings is 2. The first-order valence-electron chi connectivity index (χ1n) is 7.33. The van der Waals surface area contributed by atoms with Gasteiger partial charge in [0.05, 0.1) is 28.1 Å². The quantitative estimate of drug-likeness (QED) is 0.690. The number of anilines is 1. The van der Waals surface area contributed by atoms with Gasteiger partial charge in [-0.25, -0.2) is 4.98 Å². The van der Waals surface area contributed by atoms with Gasteiger partial charge < -0.3 is 14.6 Å². The first-order valence-corrected chi connectivity index (χ1v) is 8.09. The largest absolute Gasteiger partial charge is 0.454 e. The lowest BCUT2D eigenvalue weighted by Crippen LogP contribution is -2.23. The second kappa shape index (κ2) is 7.55. The van der Waals surface area contributed by atoms with Gasteiger partial charge in [0, 0.05) is 5.02 Å². The van der Waals surface area contributed by atoms with Crippen LogP contribution in [-0.2, 0) is 20.9 Å². The molecular formula is C17H13Cl2N3O3. The van der Waals surface area contributed by atoms with E-state index in [-0.39, 0.29) is 6.54 Å². The Bertz CT molecular complexity index is 940. The maximum absolute atomic E-state index is 11.9. The van der Waals surface area contributed by atoms with Crippen molar-refractivity contribution in [3.63, 3.8) is 0 Å². The molecule has 0 radical (unpaired) electrons. The van der Waals surface area contributed by atoms with Crippen LogP contribution in [0.15, 0.2) is 48.8 Å². The molecule has 0 spiro atoms. The number of imidazole rings is 1. The second-order valence-electron chi connectivity index (χ2n) is 5.19. The maximum atomic E-state index is 11.9. The Morgan fingerprint density at radius 3 is 2.80 bits per heavy atom. The van der Waals surface area contributed by atoms with Crippen molar-refractivity contribution in [1.29, 1.82) is 0 Å². The summed E-state index contributed by atoms with van der Waals surface area (Å²) in [7, 11) is 0. The van der Waals surface area contributed by atoms with Crippen molar-refractivity contribution in [2.24, 2.45) is 0 Å². The fourth-order valence-corrected chi connectivity index (χ4v) is 2.58. The lowest BCUT2D eigenvalue weighted by atomic mass is 10.3. The van der Waals surface area contributed by atoms with Crippen LogP contribution in [0.3, 0.4) is 0 Å². The third-order valence-corrected chi connectivity index (χ3v) is 3.96. The molecule has 1 N–H and O–H groups in total. The lowest BCUT2D eigenvalue weighted by molar-refractivity contribution is -0.147. The van der Waals surface area contributed by atoms with Gasteiger partial charge in [0.2, 0.25) is 0 Å². The summed E-state index contributed by atoms with van der Waals surface area (Å²) in [5.41, 5.74) is 1.95. The van der Waals surface area contributed by atoms with Gasteiger partial charge in [-0.15, -0.1) is 0 Å². The number of carbonyl (C=O) groups is 2. The molecule has 128 valence electrons. The molecular weight excluding hydrogens is 365 g/mol. The summed E-state index contributed by atoms with van der Waals surface area (Å²) in [6.45, 7) is -0.458. The molecule has 0 bridgehead atoms. The van der Waals surface area contributed by atoms with Gasteiger partial charge in [-0.3, -0.25) is 9.59 Å². The molecule has 6 nitrogen and oxygen atoms in total. The Balaban J connectivity index is 1.55. The third-order valence-electron chi connectivity index (χ3n) is 3.39. The number of carbonyl (C=O) groups excluding carboxylic acids is 2. The van der Waals surface area contributed by atoms with Crippen LogP contribution in [0.2, 0.25) is 10.0 Å². The Labute approximate surface area is 153 Å². The summed E-state index contributed by atoms with van der Waals surface area (Å²) < 4.78 is 6.65. The Morgan fingerprint density at radius 1 is 1.16 bits per heavy atom. The van der Waals surface area contributed by atoms with E-state index < -0.39 is 18.5 Å². The topological polar surface area (TPSA) is 73.2 Å². The van der Waals surface area contributed by atoms with Crippen molar-refractivity contribution in [2.75, 3.05) is 11.9 Å². The highest BCUT2D eigenvalue weighted by Crippen LogP contribution is 2.25. The van der Waals surface area contributed by atoms with E-state index in [1.54, 1.807) is 23.0 Å². The Hall–Kier alpha value is -2.57. The minimum atomic E-state index is -0.546. The molecule has 1 heterocycles. The molecule has 8 heteroatoms. The fraction of sp³-hybridized carbons (Fsp3) is 0.118. The van der Waals surface area contributed by atoms with Crippen LogP contribution in [0.5, 0.6) is 0 Å². The molecule has 2 aromatic carbocycles. The SMILES string of the molecule is O=C(COC(=O)Cn1cnc2ccccc21)Nc1cc(Cl)ccc1Cl. The summed E-state index contributed by atoms with van der Waals surface area (Å²) in [5.74, 6) is -1.05. The number of amides is 1. The van der Waals surface area contributed by atoms with E-state index in [4.69, 9.17) is 27.9 Å². The van der Waals surface area contributed by atoms with Gasteiger partial charge in [-0.05, 0) is 30.3 Å². The molecule has 0 fully saturated rings. The molecule has 0 saturated carbocycles. The van der Waals surface area contributed by atoms with Crippen LogP contribution in [0.25, 0.3) is 11.0 Å². The van der Waals surface area contributed by atoms with Crippen LogP contribution in [-0.4, -0.2) is 28.0 Å². The molecule has 0 aliphatic rings. The van der Waals surface area contributed by atoms with Crippen LogP contribution in [0.1, 0.15) is 0 Å². The molecule has 0 aliphatic carbocycles. The smallest absolute Gasteiger partial charge is 0.326 e. The molecule has 0 unspecified atom stereocenters. The molecule has 0 atom stereocenters. The molecule has 1 aromatic heterocycles. The van der Waals surface area contributed by atoms with Crippen molar-refractivity contribution in [2.45, 2.75) is 6.54 Å². The predicted molar refractivity (Wildman–Crippen MR) is 95.8 cm³/mol. The molecule has 0 saturated heterocycles. The van der Waals surface area contributed by atoms with E-state index in [1.807, 2.05) is 24.3 Å². The van der Waals surface area contributed by atoms with Crippen LogP contribution >= 0.6 is 23.2 Å². The van der Waals surface area contributed by atoms with Gasteiger partial charge >= 0.3 is 5.97 Å². The number of fused-ring (bicyclic) bond motifs is 1. The van der Waals surface area contributed by atoms with Crippen molar-refractivity contribution < 1.29 is 14.3 Å². The lowest BCUT2D eigenvalue weighted by Gasteiger charge is -2.09. The number of hydrogen-bond acceptors (Lipinski definition) is 4. The van der Waals surface area contributed by atoms with E-state index in [2.05, 4.69) is 10.3 Å². The van der Waals surface area contributed by atoms with E-state index in [1.165, 1.54) is 6.07 Å². The molecule has 0 aliphatic heterocycles. The van der Waals surface area contributed by atoms with Crippen molar-refractivity contribution in [3.05, 3.63) is 58.8 Å². The second-order valence-corrected chi connectivity index (χ2v) is 6.04. The van der Waals surface area contributed by atoms with Gasteiger partial charge in [0.1, 0.15) is 6.54 Å². The van der Waals surface area contributed by atoms with E-state index >= 15 is 0 Å². The number of aromatic nitrogens is 2. The highest BCUT2D eigenvalue weighted by atomic mass is 35.5. The zero-order chi connectivity index (χ0) is 17.8. The van der Waals surface area contributed by atoms with Gasteiger partial charge in [0.15, 0.2) is 6.61 Å². The fourth-order valence-electron chi connectivity index (χ4n) is 2.25.